The molecule has 2 aliphatic rings. The molecule has 51 heavy (non-hydrogen) atoms. The number of rotatable bonds is 11. The molecule has 4 aromatic carbocycles. The fourth-order valence-electron chi connectivity index (χ4n) is 6.62. The largest absolute Gasteiger partial charge is 0.392 e. The van der Waals surface area contributed by atoms with Crippen molar-refractivity contribution in [3.05, 3.63) is 149 Å². The molecule has 0 bridgehead atoms. The summed E-state index contributed by atoms with van der Waals surface area (Å²) >= 11 is 0. The smallest absolute Gasteiger partial charge is 0.315 e. The average Bonchev–Trinajstić information content (AvgIpc) is 3.20. The van der Waals surface area contributed by atoms with Gasteiger partial charge in [-0.05, 0) is 45.5 Å². The summed E-state index contributed by atoms with van der Waals surface area (Å²) in [7, 11) is 0. The maximum absolute atomic E-state index is 12.4. The van der Waals surface area contributed by atoms with E-state index in [1.165, 1.54) is 0 Å². The van der Waals surface area contributed by atoms with Gasteiger partial charge in [-0.25, -0.2) is 14.8 Å². The van der Waals surface area contributed by atoms with Crippen molar-refractivity contribution in [2.45, 2.75) is 44.6 Å². The van der Waals surface area contributed by atoms with Crippen LogP contribution in [0, 0.1) is 0 Å². The van der Waals surface area contributed by atoms with Gasteiger partial charge < -0.3 is 30.1 Å². The van der Waals surface area contributed by atoms with Crippen LogP contribution in [0.15, 0.2) is 122 Å². The molecule has 10 nitrogen and oxygen atoms in total. The fraction of sp³-hybridized carbons (Fsp3) is 0.293. The van der Waals surface area contributed by atoms with E-state index >= 15 is 0 Å². The van der Waals surface area contributed by atoms with Crippen molar-refractivity contribution in [1.82, 2.24) is 25.5 Å². The number of hydrogen-bond acceptors (Lipinski definition) is 8. The molecule has 0 saturated carbocycles. The SMILES string of the molecule is O=C(NCc1ccccc1)NCc1cccc(-c2ccc([C@H]3O[C@@H](CN4CCN(c5ncccn5)CC4)C[C@@H](c4ccc(CO)cc4)O3)cc2)c1. The van der Waals surface area contributed by atoms with Gasteiger partial charge in [-0.2, -0.15) is 0 Å². The van der Waals surface area contributed by atoms with Gasteiger partial charge in [0, 0.05) is 70.2 Å². The Balaban J connectivity index is 0.995. The molecule has 1 aromatic heterocycles. The molecule has 2 fully saturated rings. The van der Waals surface area contributed by atoms with Crippen LogP contribution < -0.4 is 15.5 Å². The Kier molecular flexibility index (Phi) is 11.3. The van der Waals surface area contributed by atoms with E-state index in [2.05, 4.69) is 66.8 Å². The lowest BCUT2D eigenvalue weighted by atomic mass is 9.99. The Hall–Kier alpha value is -5.13. The zero-order chi connectivity index (χ0) is 34.8. The van der Waals surface area contributed by atoms with Crippen molar-refractivity contribution >= 4 is 12.0 Å². The van der Waals surface area contributed by atoms with Gasteiger partial charge in [0.05, 0.1) is 18.8 Å². The van der Waals surface area contributed by atoms with E-state index in [0.717, 1.165) is 84.0 Å². The molecule has 0 unspecified atom stereocenters. The summed E-state index contributed by atoms with van der Waals surface area (Å²) in [5.41, 5.74) is 7.11. The predicted molar refractivity (Wildman–Crippen MR) is 197 cm³/mol. The minimum absolute atomic E-state index is 0.00994. The minimum atomic E-state index is -0.524. The molecule has 2 aliphatic heterocycles. The summed E-state index contributed by atoms with van der Waals surface area (Å²) in [6.07, 6.45) is 3.62. The first-order chi connectivity index (χ1) is 25.1. The standard InChI is InChI=1S/C41H44N6O4/c48-29-31-10-12-34(13-11-31)38-25-37(28-46-20-22-47(23-21-46)40-42-18-5-19-43-40)50-39(51-38)35-16-14-33(15-17-35)36-9-4-8-32(24-36)27-45-41(49)44-26-30-6-2-1-3-7-30/h1-19,24,37-39,48H,20-23,25-29H2,(H2,44,45,49)/t37-,38+,39+/m1/s1. The van der Waals surface area contributed by atoms with Crippen molar-refractivity contribution in [3.8, 4) is 11.1 Å². The van der Waals surface area contributed by atoms with Crippen LogP contribution in [0.1, 0.15) is 46.6 Å². The number of aromatic nitrogens is 2. The summed E-state index contributed by atoms with van der Waals surface area (Å²) in [5, 5.41) is 15.5. The lowest BCUT2D eigenvalue weighted by Crippen LogP contribution is -2.50. The molecule has 7 rings (SSSR count). The second-order valence-electron chi connectivity index (χ2n) is 13.0. The molecule has 3 atom stereocenters. The summed E-state index contributed by atoms with van der Waals surface area (Å²) in [4.78, 5) is 25.9. The van der Waals surface area contributed by atoms with E-state index in [9.17, 15) is 9.90 Å². The molecule has 0 aliphatic carbocycles. The Morgan fingerprint density at radius 1 is 0.706 bits per heavy atom. The van der Waals surface area contributed by atoms with Gasteiger partial charge in [0.1, 0.15) is 0 Å². The minimum Gasteiger partial charge on any atom is -0.392 e. The Morgan fingerprint density at radius 3 is 2.12 bits per heavy atom. The van der Waals surface area contributed by atoms with Crippen LogP contribution in [0.4, 0.5) is 10.7 Å². The molecule has 3 N–H and O–H groups in total. The zero-order valence-electron chi connectivity index (χ0n) is 28.6. The molecule has 262 valence electrons. The van der Waals surface area contributed by atoms with Gasteiger partial charge >= 0.3 is 6.03 Å². The van der Waals surface area contributed by atoms with Gasteiger partial charge in [-0.1, -0.05) is 97.1 Å². The average molecular weight is 685 g/mol. The maximum atomic E-state index is 12.4. The van der Waals surface area contributed by atoms with Crippen molar-refractivity contribution in [1.29, 1.82) is 0 Å². The third-order valence-corrected chi connectivity index (χ3v) is 9.48. The van der Waals surface area contributed by atoms with Crippen molar-refractivity contribution in [2.24, 2.45) is 0 Å². The van der Waals surface area contributed by atoms with Crippen LogP contribution in [-0.2, 0) is 29.2 Å². The highest BCUT2D eigenvalue weighted by molar-refractivity contribution is 5.74. The number of benzene rings is 4. The highest BCUT2D eigenvalue weighted by Gasteiger charge is 2.34. The van der Waals surface area contributed by atoms with Gasteiger partial charge in [-0.3, -0.25) is 4.90 Å². The Labute approximate surface area is 299 Å². The number of carbonyl (C=O) groups is 1. The topological polar surface area (TPSA) is 112 Å². The van der Waals surface area contributed by atoms with Crippen LogP contribution in [-0.4, -0.2) is 64.8 Å². The number of aliphatic hydroxyl groups is 1. The lowest BCUT2D eigenvalue weighted by Gasteiger charge is -2.40. The van der Waals surface area contributed by atoms with Crippen molar-refractivity contribution < 1.29 is 19.4 Å². The summed E-state index contributed by atoms with van der Waals surface area (Å²) in [5.74, 6) is 0.777. The maximum Gasteiger partial charge on any atom is 0.315 e. The first kappa shape index (κ1) is 34.3. The number of aliphatic hydroxyl groups excluding tert-OH is 1. The summed E-state index contributed by atoms with van der Waals surface area (Å²) in [6, 6.07) is 36.1. The number of ether oxygens (including phenoxy) is 2. The second-order valence-corrected chi connectivity index (χ2v) is 13.0. The van der Waals surface area contributed by atoms with E-state index in [1.54, 1.807) is 12.4 Å². The first-order valence-electron chi connectivity index (χ1n) is 17.6. The number of hydrogen-bond donors (Lipinski definition) is 3. The van der Waals surface area contributed by atoms with E-state index in [-0.39, 0.29) is 24.8 Å². The second kappa shape index (κ2) is 16.7. The van der Waals surface area contributed by atoms with E-state index in [4.69, 9.17) is 9.47 Å². The third-order valence-electron chi connectivity index (χ3n) is 9.48. The predicted octanol–water partition coefficient (Wildman–Crippen LogP) is 6.00. The number of amides is 2. The monoisotopic (exact) mass is 684 g/mol. The molecule has 2 saturated heterocycles. The molecule has 10 heteroatoms. The molecule has 0 spiro atoms. The number of urea groups is 1. The number of anilines is 1. The molecule has 3 heterocycles. The first-order valence-corrected chi connectivity index (χ1v) is 17.6. The van der Waals surface area contributed by atoms with Crippen LogP contribution in [0.2, 0.25) is 0 Å². The normalized spacial score (nSPS) is 19.4. The molecular formula is C41H44N6O4. The fourth-order valence-corrected chi connectivity index (χ4v) is 6.62. The van der Waals surface area contributed by atoms with Crippen LogP contribution in [0.25, 0.3) is 11.1 Å². The summed E-state index contributed by atoms with van der Waals surface area (Å²) < 4.78 is 13.3. The number of nitrogens with one attached hydrogen (secondary N) is 2. The van der Waals surface area contributed by atoms with Crippen molar-refractivity contribution in [3.63, 3.8) is 0 Å². The van der Waals surface area contributed by atoms with Gasteiger partial charge in [0.15, 0.2) is 6.29 Å². The lowest BCUT2D eigenvalue weighted by molar-refractivity contribution is -0.253. The van der Waals surface area contributed by atoms with E-state index in [1.807, 2.05) is 72.8 Å². The number of nitrogens with zero attached hydrogens (tertiary/aromatic N) is 4. The van der Waals surface area contributed by atoms with Gasteiger partial charge in [0.25, 0.3) is 0 Å². The van der Waals surface area contributed by atoms with Gasteiger partial charge in [-0.15, -0.1) is 0 Å². The number of carbonyl (C=O) groups excluding carboxylic acids is 1. The molecule has 0 radical (unpaired) electrons. The quantitative estimate of drug-likeness (QED) is 0.155. The molecule has 5 aromatic rings. The van der Waals surface area contributed by atoms with E-state index in [0.29, 0.717) is 13.1 Å². The summed E-state index contributed by atoms with van der Waals surface area (Å²) in [6.45, 7) is 5.25. The molecule has 2 amide bonds. The zero-order valence-corrected chi connectivity index (χ0v) is 28.6. The third kappa shape index (κ3) is 9.16. The van der Waals surface area contributed by atoms with Crippen LogP contribution in [0.3, 0.4) is 0 Å². The van der Waals surface area contributed by atoms with Crippen molar-refractivity contribution in [2.75, 3.05) is 37.6 Å². The molecular weight excluding hydrogens is 640 g/mol. The highest BCUT2D eigenvalue weighted by atomic mass is 16.7. The van der Waals surface area contributed by atoms with Crippen LogP contribution >= 0.6 is 0 Å². The Morgan fingerprint density at radius 2 is 1.39 bits per heavy atom. The van der Waals surface area contributed by atoms with Gasteiger partial charge in [0.2, 0.25) is 5.95 Å². The van der Waals surface area contributed by atoms with Crippen LogP contribution in [0.5, 0.6) is 0 Å². The highest BCUT2D eigenvalue weighted by Crippen LogP contribution is 2.39. The Bertz CT molecular complexity index is 1830. The van der Waals surface area contributed by atoms with E-state index < -0.39 is 6.29 Å². The number of piperazine rings is 1.